The normalized spacial score (nSPS) is 16.7. The lowest BCUT2D eigenvalue weighted by Gasteiger charge is -2.36. The first-order valence-corrected chi connectivity index (χ1v) is 11.6. The smallest absolute Gasteiger partial charge is 0.363 e. The molecule has 186 valence electrons. The molecule has 6 rings (SSSR count). The number of carbonyl (C=O) groups is 4. The summed E-state index contributed by atoms with van der Waals surface area (Å²) in [6.45, 7) is 0. The standard InChI is InChI=1S/C25H13Cl2NO9/c26-15-6-13-19(8-17(15)29)35-20-9-18(30)16(27)7-14(20)25(13)12-2-1-10(5-11(12)24(34)36-25)23(33)37-28-21(31)3-4-22(28)32/h1-2,5-9,29-30H,3-4H2. The van der Waals surface area contributed by atoms with Crippen LogP contribution in [0.2, 0.25) is 10.0 Å². The zero-order valence-electron chi connectivity index (χ0n) is 18.4. The van der Waals surface area contributed by atoms with E-state index in [9.17, 15) is 29.4 Å². The van der Waals surface area contributed by atoms with Gasteiger partial charge in [-0.3, -0.25) is 9.59 Å². The number of hydroxylamine groups is 2. The predicted octanol–water partition coefficient (Wildman–Crippen LogP) is 4.19. The van der Waals surface area contributed by atoms with Crippen LogP contribution in [-0.2, 0) is 24.8 Å². The third kappa shape index (κ3) is 3.26. The van der Waals surface area contributed by atoms with Gasteiger partial charge in [0.2, 0.25) is 0 Å². The molecule has 0 aliphatic carbocycles. The monoisotopic (exact) mass is 541 g/mol. The maximum absolute atomic E-state index is 13.2. The van der Waals surface area contributed by atoms with Crippen molar-refractivity contribution in [3.8, 4) is 23.0 Å². The Hall–Kier alpha value is -4.28. The number of ether oxygens (including phenoxy) is 2. The van der Waals surface area contributed by atoms with E-state index in [-0.39, 0.29) is 73.7 Å². The van der Waals surface area contributed by atoms with Crippen LogP contribution in [0.25, 0.3) is 0 Å². The van der Waals surface area contributed by atoms with Crippen molar-refractivity contribution in [1.82, 2.24) is 5.06 Å². The number of benzene rings is 3. The molecule has 0 unspecified atom stereocenters. The van der Waals surface area contributed by atoms with Crippen molar-refractivity contribution < 1.29 is 43.7 Å². The van der Waals surface area contributed by atoms with Crippen LogP contribution in [-0.4, -0.2) is 39.0 Å². The van der Waals surface area contributed by atoms with Crippen LogP contribution in [0.15, 0.2) is 42.5 Å². The number of hydrogen-bond acceptors (Lipinski definition) is 9. The first kappa shape index (κ1) is 23.1. The van der Waals surface area contributed by atoms with Gasteiger partial charge in [-0.05, 0) is 24.3 Å². The SMILES string of the molecule is O=C(ON1C(=O)CCC1=O)c1ccc2c(c1)C(=O)OC21c2cc(Cl)c(O)cc2Oc2cc(O)c(Cl)cc21. The van der Waals surface area contributed by atoms with E-state index >= 15 is 0 Å². The van der Waals surface area contributed by atoms with Crippen molar-refractivity contribution in [2.24, 2.45) is 0 Å². The van der Waals surface area contributed by atoms with Crippen molar-refractivity contribution in [1.29, 1.82) is 0 Å². The second-order valence-corrected chi connectivity index (χ2v) is 9.31. The Morgan fingerprint density at radius 3 is 2.00 bits per heavy atom. The number of aromatic hydroxyl groups is 2. The highest BCUT2D eigenvalue weighted by Gasteiger charge is 2.54. The molecular weight excluding hydrogens is 529 g/mol. The largest absolute Gasteiger partial charge is 0.506 e. The van der Waals surface area contributed by atoms with Crippen LogP contribution < -0.4 is 4.74 Å². The minimum atomic E-state index is -1.66. The summed E-state index contributed by atoms with van der Waals surface area (Å²) in [5, 5.41) is 20.6. The van der Waals surface area contributed by atoms with Gasteiger partial charge in [-0.15, -0.1) is 5.06 Å². The molecule has 0 radical (unpaired) electrons. The molecule has 1 spiro atoms. The first-order valence-electron chi connectivity index (χ1n) is 10.8. The average Bonchev–Trinajstić information content (AvgIpc) is 3.33. The highest BCUT2D eigenvalue weighted by molar-refractivity contribution is 6.32. The fourth-order valence-electron chi connectivity index (χ4n) is 4.66. The van der Waals surface area contributed by atoms with Crippen LogP contribution in [0.5, 0.6) is 23.0 Å². The number of esters is 1. The number of imide groups is 1. The van der Waals surface area contributed by atoms with E-state index in [2.05, 4.69) is 0 Å². The summed E-state index contributed by atoms with van der Waals surface area (Å²) in [7, 11) is 0. The Balaban J connectivity index is 1.52. The summed E-state index contributed by atoms with van der Waals surface area (Å²) in [4.78, 5) is 54.5. The maximum atomic E-state index is 13.2. The Labute approximate surface area is 217 Å². The summed E-state index contributed by atoms with van der Waals surface area (Å²) in [5.74, 6) is -3.49. The fraction of sp³-hybridized carbons (Fsp3) is 0.120. The van der Waals surface area contributed by atoms with E-state index in [0.717, 1.165) is 0 Å². The summed E-state index contributed by atoms with van der Waals surface area (Å²) in [6.07, 6.45) is -0.134. The summed E-state index contributed by atoms with van der Waals surface area (Å²) < 4.78 is 11.8. The molecule has 3 aromatic rings. The second kappa shape index (κ2) is 7.86. The van der Waals surface area contributed by atoms with E-state index in [4.69, 9.17) is 37.5 Å². The zero-order chi connectivity index (χ0) is 26.2. The number of carbonyl (C=O) groups excluding carboxylic acids is 4. The highest BCUT2D eigenvalue weighted by Crippen LogP contribution is 2.58. The topological polar surface area (TPSA) is 140 Å². The summed E-state index contributed by atoms with van der Waals surface area (Å²) in [6, 6.07) is 9.26. The molecule has 3 heterocycles. The molecule has 12 heteroatoms. The molecule has 0 atom stereocenters. The zero-order valence-corrected chi connectivity index (χ0v) is 19.9. The number of amides is 2. The second-order valence-electron chi connectivity index (χ2n) is 8.49. The third-order valence-corrected chi connectivity index (χ3v) is 6.96. The van der Waals surface area contributed by atoms with Gasteiger partial charge in [-0.25, -0.2) is 9.59 Å². The molecule has 3 aliphatic rings. The van der Waals surface area contributed by atoms with Crippen molar-refractivity contribution in [2.75, 3.05) is 0 Å². The molecule has 2 N–H and O–H groups in total. The van der Waals surface area contributed by atoms with Gasteiger partial charge in [0.25, 0.3) is 11.8 Å². The molecule has 3 aromatic carbocycles. The van der Waals surface area contributed by atoms with Gasteiger partial charge in [-0.2, -0.15) is 0 Å². The molecule has 10 nitrogen and oxygen atoms in total. The van der Waals surface area contributed by atoms with E-state index in [0.29, 0.717) is 5.06 Å². The van der Waals surface area contributed by atoms with E-state index < -0.39 is 29.4 Å². The van der Waals surface area contributed by atoms with Gasteiger partial charge < -0.3 is 24.5 Å². The Kier molecular flexibility index (Phi) is 4.91. The molecule has 2 amide bonds. The van der Waals surface area contributed by atoms with Gasteiger partial charge in [0.15, 0.2) is 5.60 Å². The van der Waals surface area contributed by atoms with E-state index in [1.165, 1.54) is 42.5 Å². The van der Waals surface area contributed by atoms with Crippen molar-refractivity contribution in [3.63, 3.8) is 0 Å². The third-order valence-electron chi connectivity index (χ3n) is 6.36. The van der Waals surface area contributed by atoms with Crippen LogP contribution in [0.3, 0.4) is 0 Å². The molecule has 0 aromatic heterocycles. The van der Waals surface area contributed by atoms with Gasteiger partial charge in [0, 0.05) is 41.7 Å². The quantitative estimate of drug-likeness (QED) is 0.360. The number of rotatable bonds is 2. The van der Waals surface area contributed by atoms with Crippen LogP contribution in [0, 0.1) is 0 Å². The molecule has 3 aliphatic heterocycles. The maximum Gasteiger partial charge on any atom is 0.363 e. The van der Waals surface area contributed by atoms with E-state index in [1.54, 1.807) is 0 Å². The Morgan fingerprint density at radius 2 is 1.43 bits per heavy atom. The molecule has 0 bridgehead atoms. The van der Waals surface area contributed by atoms with Crippen molar-refractivity contribution >= 4 is 47.0 Å². The lowest BCUT2D eigenvalue weighted by Crippen LogP contribution is -2.33. The van der Waals surface area contributed by atoms with Crippen LogP contribution in [0.4, 0.5) is 0 Å². The van der Waals surface area contributed by atoms with Gasteiger partial charge in [0.1, 0.15) is 23.0 Å². The van der Waals surface area contributed by atoms with Gasteiger partial charge >= 0.3 is 11.9 Å². The van der Waals surface area contributed by atoms with Gasteiger partial charge in [-0.1, -0.05) is 29.3 Å². The molecule has 1 fully saturated rings. The predicted molar refractivity (Wildman–Crippen MR) is 125 cm³/mol. The number of fused-ring (bicyclic) bond motifs is 6. The molecule has 37 heavy (non-hydrogen) atoms. The minimum absolute atomic E-state index is 0.0132. The van der Waals surface area contributed by atoms with Crippen LogP contribution >= 0.6 is 23.2 Å². The van der Waals surface area contributed by atoms with E-state index in [1.807, 2.05) is 0 Å². The highest BCUT2D eigenvalue weighted by atomic mass is 35.5. The summed E-state index contributed by atoms with van der Waals surface area (Å²) in [5.41, 5.74) is -0.967. The lowest BCUT2D eigenvalue weighted by atomic mass is 9.77. The van der Waals surface area contributed by atoms with Crippen molar-refractivity contribution in [2.45, 2.75) is 18.4 Å². The minimum Gasteiger partial charge on any atom is -0.506 e. The lowest BCUT2D eigenvalue weighted by molar-refractivity contribution is -0.172. The molecular formula is C25H13Cl2NO9. The number of phenols is 2. The average molecular weight is 542 g/mol. The first-order chi connectivity index (χ1) is 17.6. The summed E-state index contributed by atoms with van der Waals surface area (Å²) >= 11 is 12.4. The van der Waals surface area contributed by atoms with Crippen LogP contribution in [0.1, 0.15) is 50.2 Å². The Morgan fingerprint density at radius 1 is 0.865 bits per heavy atom. The fourth-order valence-corrected chi connectivity index (χ4v) is 4.99. The number of phenolic OH excluding ortho intramolecular Hbond substituents is 2. The Bertz CT molecular complexity index is 1530. The molecule has 0 saturated carbocycles. The van der Waals surface area contributed by atoms with Gasteiger partial charge in [0.05, 0.1) is 21.2 Å². The number of nitrogens with zero attached hydrogens (tertiary/aromatic N) is 1. The number of hydrogen-bond donors (Lipinski definition) is 2. The molecule has 1 saturated heterocycles. The number of halogens is 2. The van der Waals surface area contributed by atoms with Crippen molar-refractivity contribution in [3.05, 3.63) is 80.3 Å².